The zero-order valence-corrected chi connectivity index (χ0v) is 11.4. The van der Waals surface area contributed by atoms with Gasteiger partial charge in [0.2, 0.25) is 0 Å². The lowest BCUT2D eigenvalue weighted by Crippen LogP contribution is -2.28. The highest BCUT2D eigenvalue weighted by Gasteiger charge is 2.06. The summed E-state index contributed by atoms with van der Waals surface area (Å²) in [5.41, 5.74) is 0. The van der Waals surface area contributed by atoms with Crippen molar-refractivity contribution < 1.29 is 0 Å². The summed E-state index contributed by atoms with van der Waals surface area (Å²) in [5, 5.41) is 3.44. The first-order valence-electron chi connectivity index (χ1n) is 5.24. The summed E-state index contributed by atoms with van der Waals surface area (Å²) in [6.45, 7) is 9.62. The van der Waals surface area contributed by atoms with Crippen LogP contribution in [0.2, 0.25) is 0 Å². The Kier molecular flexibility index (Phi) is 5.56. The van der Waals surface area contributed by atoms with E-state index in [0.717, 1.165) is 22.5 Å². The second kappa shape index (κ2) is 6.45. The van der Waals surface area contributed by atoms with Gasteiger partial charge in [0, 0.05) is 11.8 Å². The molecule has 0 bridgehead atoms. The zero-order chi connectivity index (χ0) is 11.3. The van der Waals surface area contributed by atoms with Crippen molar-refractivity contribution >= 4 is 23.3 Å². The molecule has 86 valence electrons. The predicted octanol–water partition coefficient (Wildman–Crippen LogP) is 2.57. The molecule has 1 aromatic rings. The highest BCUT2D eigenvalue weighted by molar-refractivity contribution is 8.00. The molecule has 0 aromatic carbocycles. The first kappa shape index (κ1) is 12.9. The van der Waals surface area contributed by atoms with Crippen molar-refractivity contribution in [3.63, 3.8) is 0 Å². The van der Waals surface area contributed by atoms with Crippen molar-refractivity contribution in [1.29, 1.82) is 0 Å². The fourth-order valence-corrected chi connectivity index (χ4v) is 2.74. The third-order valence-corrected chi connectivity index (χ3v) is 4.13. The Morgan fingerprint density at radius 1 is 1.40 bits per heavy atom. The number of aromatic nitrogens is 2. The number of nitrogens with one attached hydrogen (secondary N) is 1. The molecule has 1 N–H and O–H groups in total. The molecule has 0 radical (unpaired) electrons. The van der Waals surface area contributed by atoms with Crippen LogP contribution >= 0.6 is 23.3 Å². The largest absolute Gasteiger partial charge is 0.314 e. The van der Waals surface area contributed by atoms with Gasteiger partial charge >= 0.3 is 0 Å². The lowest BCUT2D eigenvalue weighted by atomic mass is 10.2. The van der Waals surface area contributed by atoms with Crippen LogP contribution in [0, 0.1) is 12.8 Å². The average Bonchev–Trinajstić information content (AvgIpc) is 2.58. The molecule has 5 heteroatoms. The fourth-order valence-electron chi connectivity index (χ4n) is 1.05. The number of thioether (sulfide) groups is 1. The summed E-state index contributed by atoms with van der Waals surface area (Å²) in [6, 6.07) is 0.571. The second-order valence-corrected chi connectivity index (χ2v) is 6.11. The summed E-state index contributed by atoms with van der Waals surface area (Å²) in [5.74, 6) is 2.66. The number of hydrogen-bond acceptors (Lipinski definition) is 5. The maximum atomic E-state index is 4.33. The van der Waals surface area contributed by atoms with Crippen LogP contribution in [0.4, 0.5) is 0 Å². The van der Waals surface area contributed by atoms with Gasteiger partial charge in [-0.3, -0.25) is 0 Å². The van der Waals surface area contributed by atoms with Crippen molar-refractivity contribution in [3.8, 4) is 0 Å². The Bertz CT molecular complexity index is 286. The van der Waals surface area contributed by atoms with Gasteiger partial charge in [-0.15, -0.1) is 0 Å². The molecule has 3 nitrogen and oxygen atoms in total. The van der Waals surface area contributed by atoms with Crippen molar-refractivity contribution in [2.45, 2.75) is 38.1 Å². The molecule has 0 saturated carbocycles. The summed E-state index contributed by atoms with van der Waals surface area (Å²) in [4.78, 5) is 4.33. The van der Waals surface area contributed by atoms with E-state index in [9.17, 15) is 0 Å². The topological polar surface area (TPSA) is 37.8 Å². The van der Waals surface area contributed by atoms with E-state index in [1.165, 1.54) is 11.5 Å². The van der Waals surface area contributed by atoms with Crippen LogP contribution in [0.1, 0.15) is 26.6 Å². The Balaban J connectivity index is 2.19. The van der Waals surface area contributed by atoms with E-state index in [-0.39, 0.29) is 0 Å². The van der Waals surface area contributed by atoms with Crippen LogP contribution in [0.25, 0.3) is 0 Å². The van der Waals surface area contributed by atoms with Gasteiger partial charge in [-0.2, -0.15) is 4.37 Å². The van der Waals surface area contributed by atoms with Gasteiger partial charge in [0.15, 0.2) is 4.34 Å². The molecule has 0 saturated heterocycles. The minimum absolute atomic E-state index is 0.571. The third-order valence-electron chi connectivity index (χ3n) is 1.87. The first-order valence-corrected chi connectivity index (χ1v) is 7.00. The third kappa shape index (κ3) is 5.49. The van der Waals surface area contributed by atoms with Crippen LogP contribution < -0.4 is 5.32 Å². The molecular formula is C10H19N3S2. The maximum Gasteiger partial charge on any atom is 0.170 e. The maximum absolute atomic E-state index is 4.33. The van der Waals surface area contributed by atoms with Crippen molar-refractivity contribution in [3.05, 3.63) is 5.82 Å². The minimum atomic E-state index is 0.571. The quantitative estimate of drug-likeness (QED) is 0.782. The first-order chi connectivity index (χ1) is 7.08. The van der Waals surface area contributed by atoms with Crippen molar-refractivity contribution in [2.75, 3.05) is 12.3 Å². The van der Waals surface area contributed by atoms with E-state index in [4.69, 9.17) is 0 Å². The fraction of sp³-hybridized carbons (Fsp3) is 0.800. The Hall–Kier alpha value is -0.130. The van der Waals surface area contributed by atoms with E-state index >= 15 is 0 Å². The monoisotopic (exact) mass is 245 g/mol. The molecule has 1 heterocycles. The van der Waals surface area contributed by atoms with E-state index in [1.54, 1.807) is 11.8 Å². The standard InChI is InChI=1S/C10H19N3S2/c1-7(2)11-5-8(3)6-14-10-12-9(4)13-15-10/h7-8,11H,5-6H2,1-4H3. The van der Waals surface area contributed by atoms with Gasteiger partial charge in [0.25, 0.3) is 0 Å². The molecule has 0 aliphatic rings. The Morgan fingerprint density at radius 2 is 2.13 bits per heavy atom. The molecule has 0 fully saturated rings. The number of aryl methyl sites for hydroxylation is 1. The highest BCUT2D eigenvalue weighted by atomic mass is 32.2. The van der Waals surface area contributed by atoms with Crippen molar-refractivity contribution in [1.82, 2.24) is 14.7 Å². The summed E-state index contributed by atoms with van der Waals surface area (Å²) < 4.78 is 5.25. The van der Waals surface area contributed by atoms with E-state index in [2.05, 4.69) is 35.4 Å². The van der Waals surface area contributed by atoms with Crippen LogP contribution in [0.15, 0.2) is 4.34 Å². The van der Waals surface area contributed by atoms with Gasteiger partial charge in [-0.1, -0.05) is 32.5 Å². The second-order valence-electron chi connectivity index (χ2n) is 4.09. The molecule has 1 atom stereocenters. The summed E-state index contributed by atoms with van der Waals surface area (Å²) >= 11 is 3.30. The van der Waals surface area contributed by atoms with Crippen LogP contribution in [0.5, 0.6) is 0 Å². The molecule has 0 spiro atoms. The lowest BCUT2D eigenvalue weighted by Gasteiger charge is -2.13. The van der Waals surface area contributed by atoms with Crippen molar-refractivity contribution in [2.24, 2.45) is 5.92 Å². The van der Waals surface area contributed by atoms with E-state index in [0.29, 0.717) is 12.0 Å². The van der Waals surface area contributed by atoms with Gasteiger partial charge < -0.3 is 5.32 Å². The summed E-state index contributed by atoms with van der Waals surface area (Å²) in [6.07, 6.45) is 0. The highest BCUT2D eigenvalue weighted by Crippen LogP contribution is 2.22. The molecule has 1 aromatic heterocycles. The van der Waals surface area contributed by atoms with Crippen LogP contribution in [-0.2, 0) is 0 Å². The van der Waals surface area contributed by atoms with Gasteiger partial charge in [-0.05, 0) is 30.9 Å². The smallest absolute Gasteiger partial charge is 0.170 e. The molecular weight excluding hydrogens is 226 g/mol. The zero-order valence-electron chi connectivity index (χ0n) is 9.78. The predicted molar refractivity (Wildman–Crippen MR) is 67.7 cm³/mol. The average molecular weight is 245 g/mol. The van der Waals surface area contributed by atoms with Crippen LogP contribution in [-0.4, -0.2) is 27.7 Å². The SMILES string of the molecule is Cc1nsc(SCC(C)CNC(C)C)n1. The van der Waals surface area contributed by atoms with E-state index < -0.39 is 0 Å². The molecule has 0 aliphatic carbocycles. The molecule has 1 unspecified atom stereocenters. The number of rotatable bonds is 6. The Labute approximate surface area is 100 Å². The Morgan fingerprint density at radius 3 is 2.67 bits per heavy atom. The number of hydrogen-bond donors (Lipinski definition) is 1. The molecule has 0 aliphatic heterocycles. The normalized spacial score (nSPS) is 13.4. The molecule has 0 amide bonds. The van der Waals surface area contributed by atoms with Gasteiger partial charge in [-0.25, -0.2) is 4.98 Å². The lowest BCUT2D eigenvalue weighted by molar-refractivity contribution is 0.510. The molecule has 15 heavy (non-hydrogen) atoms. The van der Waals surface area contributed by atoms with Gasteiger partial charge in [0.1, 0.15) is 5.82 Å². The summed E-state index contributed by atoms with van der Waals surface area (Å²) in [7, 11) is 0. The minimum Gasteiger partial charge on any atom is -0.314 e. The molecule has 1 rings (SSSR count). The van der Waals surface area contributed by atoms with Crippen LogP contribution in [0.3, 0.4) is 0 Å². The number of nitrogens with zero attached hydrogens (tertiary/aromatic N) is 2. The van der Waals surface area contributed by atoms with Gasteiger partial charge in [0.05, 0.1) is 0 Å². The van der Waals surface area contributed by atoms with E-state index in [1.807, 2.05) is 6.92 Å².